The van der Waals surface area contributed by atoms with Crippen LogP contribution in [0, 0.1) is 18.7 Å². The van der Waals surface area contributed by atoms with E-state index in [4.69, 9.17) is 11.6 Å². The molecule has 2 heterocycles. The number of carbonyl (C=O) groups is 1. The van der Waals surface area contributed by atoms with Crippen molar-refractivity contribution in [1.29, 1.82) is 0 Å². The van der Waals surface area contributed by atoms with Gasteiger partial charge in [-0.2, -0.15) is 0 Å². The zero-order valence-corrected chi connectivity index (χ0v) is 19.0. The van der Waals surface area contributed by atoms with E-state index in [1.165, 1.54) is 11.6 Å². The van der Waals surface area contributed by atoms with Crippen LogP contribution < -0.4 is 5.32 Å². The molecule has 1 fully saturated rings. The van der Waals surface area contributed by atoms with E-state index in [1.807, 2.05) is 13.1 Å². The second-order valence-electron chi connectivity index (χ2n) is 8.39. The Labute approximate surface area is 193 Å². The van der Waals surface area contributed by atoms with E-state index in [0.29, 0.717) is 23.7 Å². The van der Waals surface area contributed by atoms with Crippen molar-refractivity contribution in [3.05, 3.63) is 88.2 Å². The minimum absolute atomic E-state index is 0.00849. The van der Waals surface area contributed by atoms with Crippen LogP contribution in [0.25, 0.3) is 0 Å². The number of piperidine rings is 1. The van der Waals surface area contributed by atoms with Crippen molar-refractivity contribution >= 4 is 17.5 Å². The first-order valence-corrected chi connectivity index (χ1v) is 11.4. The molecule has 5 nitrogen and oxygen atoms in total. The topological polar surface area (TPSA) is 50.2 Å². The Morgan fingerprint density at radius 1 is 1.12 bits per heavy atom. The number of nitrogens with one attached hydrogen (secondary N) is 1. The summed E-state index contributed by atoms with van der Waals surface area (Å²) in [6.45, 7) is 5.29. The highest BCUT2D eigenvalue weighted by Crippen LogP contribution is 2.24. The van der Waals surface area contributed by atoms with E-state index in [0.717, 1.165) is 43.9 Å². The van der Waals surface area contributed by atoms with Gasteiger partial charge in [0.1, 0.15) is 11.6 Å². The van der Waals surface area contributed by atoms with Crippen molar-refractivity contribution in [2.75, 3.05) is 13.1 Å². The molecule has 1 amide bonds. The van der Waals surface area contributed by atoms with Gasteiger partial charge < -0.3 is 9.88 Å². The third kappa shape index (κ3) is 5.56. The molecule has 0 saturated carbocycles. The Hall–Kier alpha value is -2.70. The Morgan fingerprint density at radius 2 is 1.84 bits per heavy atom. The summed E-state index contributed by atoms with van der Waals surface area (Å²) in [7, 11) is 0. The monoisotopic (exact) mass is 454 g/mol. The Kier molecular flexibility index (Phi) is 7.22. The fourth-order valence-corrected chi connectivity index (χ4v) is 4.35. The molecule has 32 heavy (non-hydrogen) atoms. The van der Waals surface area contributed by atoms with Crippen molar-refractivity contribution in [2.45, 2.75) is 39.4 Å². The lowest BCUT2D eigenvalue weighted by Gasteiger charge is -2.31. The van der Waals surface area contributed by atoms with E-state index < -0.39 is 0 Å². The van der Waals surface area contributed by atoms with Gasteiger partial charge in [0.2, 0.25) is 5.91 Å². The van der Waals surface area contributed by atoms with Crippen LogP contribution in [0.3, 0.4) is 0 Å². The lowest BCUT2D eigenvalue weighted by molar-refractivity contribution is -0.126. The quantitative estimate of drug-likeness (QED) is 0.569. The summed E-state index contributed by atoms with van der Waals surface area (Å²) in [6.07, 6.45) is 5.31. The summed E-state index contributed by atoms with van der Waals surface area (Å²) in [5, 5.41) is 3.53. The first kappa shape index (κ1) is 22.5. The second kappa shape index (κ2) is 10.3. The number of carbonyl (C=O) groups excluding carboxylic acids is 1. The van der Waals surface area contributed by atoms with Gasteiger partial charge in [-0.3, -0.25) is 9.69 Å². The minimum Gasteiger partial charge on any atom is -0.352 e. The summed E-state index contributed by atoms with van der Waals surface area (Å²) in [6, 6.07) is 13.1. The van der Waals surface area contributed by atoms with Crippen LogP contribution in [0.1, 0.15) is 35.4 Å². The predicted molar refractivity (Wildman–Crippen MR) is 124 cm³/mol. The van der Waals surface area contributed by atoms with E-state index in [-0.39, 0.29) is 17.6 Å². The molecule has 1 N–H and O–H groups in total. The molecule has 168 valence electrons. The number of likely N-dealkylation sites (tertiary alicyclic amines) is 1. The number of nitrogens with zero attached hydrogens (tertiary/aromatic N) is 3. The highest BCUT2D eigenvalue weighted by Gasteiger charge is 2.25. The highest BCUT2D eigenvalue weighted by atomic mass is 35.5. The molecule has 1 aliphatic rings. The maximum Gasteiger partial charge on any atom is 0.223 e. The van der Waals surface area contributed by atoms with E-state index in [2.05, 4.69) is 44.0 Å². The van der Waals surface area contributed by atoms with Gasteiger partial charge in [-0.05, 0) is 56.1 Å². The van der Waals surface area contributed by atoms with Crippen molar-refractivity contribution in [1.82, 2.24) is 19.8 Å². The molecule has 0 aliphatic carbocycles. The molecule has 0 unspecified atom stereocenters. The van der Waals surface area contributed by atoms with Crippen LogP contribution in [-0.4, -0.2) is 33.4 Å². The molecule has 0 bridgehead atoms. The summed E-state index contributed by atoms with van der Waals surface area (Å²) in [5.41, 5.74) is 2.81. The fourth-order valence-electron chi connectivity index (χ4n) is 4.12. The number of aromatic nitrogens is 2. The summed E-state index contributed by atoms with van der Waals surface area (Å²) >= 11 is 6.14. The number of imidazole rings is 1. The number of benzene rings is 2. The summed E-state index contributed by atoms with van der Waals surface area (Å²) in [5.74, 6) is 0.797. The Bertz CT molecular complexity index is 1040. The van der Waals surface area contributed by atoms with Crippen LogP contribution in [-0.2, 0) is 24.4 Å². The maximum atomic E-state index is 14.0. The second-order valence-corrected chi connectivity index (χ2v) is 8.79. The first-order valence-electron chi connectivity index (χ1n) is 11.0. The molecule has 2 aromatic carbocycles. The average molecular weight is 455 g/mol. The minimum atomic E-state index is -0.274. The van der Waals surface area contributed by atoms with Crippen LogP contribution in [0.15, 0.2) is 54.9 Å². The standard InChI is InChI=1S/C25H28ClFN4O/c1-18-28-11-14-31(18)16-20-7-5-19(6-8-20)15-29-25(32)21-9-12-30(13-10-21)17-22-23(26)3-2-4-24(22)27/h2-8,11,14,21H,9-10,12-13,15-17H2,1H3,(H,29,32). The molecule has 7 heteroatoms. The molecule has 3 aromatic rings. The molecule has 4 rings (SSSR count). The Morgan fingerprint density at radius 3 is 2.50 bits per heavy atom. The van der Waals surface area contributed by atoms with Gasteiger partial charge in [0.05, 0.1) is 0 Å². The normalized spacial score (nSPS) is 15.1. The van der Waals surface area contributed by atoms with E-state index in [1.54, 1.807) is 18.3 Å². The summed E-state index contributed by atoms with van der Waals surface area (Å²) in [4.78, 5) is 19.0. The molecular formula is C25H28ClFN4O. The Balaban J connectivity index is 1.22. The van der Waals surface area contributed by atoms with Crippen molar-refractivity contribution in [3.63, 3.8) is 0 Å². The first-order chi connectivity index (χ1) is 15.5. The number of hydrogen-bond donors (Lipinski definition) is 1. The predicted octanol–water partition coefficient (Wildman–Crippen LogP) is 4.56. The molecule has 1 aromatic heterocycles. The van der Waals surface area contributed by atoms with Gasteiger partial charge in [-0.1, -0.05) is 41.9 Å². The SMILES string of the molecule is Cc1nccn1Cc1ccc(CNC(=O)C2CCN(Cc3c(F)cccc3Cl)CC2)cc1. The smallest absolute Gasteiger partial charge is 0.223 e. The number of rotatable bonds is 7. The average Bonchev–Trinajstić information content (AvgIpc) is 3.20. The lowest BCUT2D eigenvalue weighted by atomic mass is 9.95. The van der Waals surface area contributed by atoms with Gasteiger partial charge >= 0.3 is 0 Å². The van der Waals surface area contributed by atoms with Gasteiger partial charge in [0.25, 0.3) is 0 Å². The molecule has 0 atom stereocenters. The van der Waals surface area contributed by atoms with Crippen LogP contribution in [0.4, 0.5) is 4.39 Å². The van der Waals surface area contributed by atoms with Crippen molar-refractivity contribution < 1.29 is 9.18 Å². The third-order valence-corrected chi connectivity index (χ3v) is 6.52. The van der Waals surface area contributed by atoms with Gasteiger partial charge in [-0.25, -0.2) is 9.37 Å². The number of amides is 1. The van der Waals surface area contributed by atoms with E-state index in [9.17, 15) is 9.18 Å². The summed E-state index contributed by atoms with van der Waals surface area (Å²) < 4.78 is 16.1. The molecule has 0 spiro atoms. The van der Waals surface area contributed by atoms with Gasteiger partial charge in [0, 0.05) is 48.5 Å². The molecule has 1 aliphatic heterocycles. The van der Waals surface area contributed by atoms with Crippen LogP contribution in [0.2, 0.25) is 5.02 Å². The zero-order valence-electron chi connectivity index (χ0n) is 18.2. The van der Waals surface area contributed by atoms with Gasteiger partial charge in [-0.15, -0.1) is 0 Å². The number of hydrogen-bond acceptors (Lipinski definition) is 3. The highest BCUT2D eigenvalue weighted by molar-refractivity contribution is 6.31. The largest absolute Gasteiger partial charge is 0.352 e. The third-order valence-electron chi connectivity index (χ3n) is 6.17. The van der Waals surface area contributed by atoms with Crippen LogP contribution >= 0.6 is 11.6 Å². The fraction of sp³-hybridized carbons (Fsp3) is 0.360. The number of aryl methyl sites for hydroxylation is 1. The maximum absolute atomic E-state index is 14.0. The lowest BCUT2D eigenvalue weighted by Crippen LogP contribution is -2.40. The van der Waals surface area contributed by atoms with Gasteiger partial charge in [0.15, 0.2) is 0 Å². The van der Waals surface area contributed by atoms with Crippen LogP contribution in [0.5, 0.6) is 0 Å². The van der Waals surface area contributed by atoms with Crippen molar-refractivity contribution in [3.8, 4) is 0 Å². The zero-order chi connectivity index (χ0) is 22.5. The molecule has 0 radical (unpaired) electrons. The van der Waals surface area contributed by atoms with E-state index >= 15 is 0 Å². The van der Waals surface area contributed by atoms with Crippen molar-refractivity contribution in [2.24, 2.45) is 5.92 Å². The number of halogens is 2. The molecular weight excluding hydrogens is 427 g/mol. The molecule has 1 saturated heterocycles.